The molecule has 0 saturated heterocycles. The average Bonchev–Trinajstić information content (AvgIpc) is 3.32. The molecule has 0 aliphatic rings. The molecule has 0 amide bonds. The Balaban J connectivity index is 1.22. The van der Waals surface area contributed by atoms with Crippen LogP contribution in [0.3, 0.4) is 0 Å². The van der Waals surface area contributed by atoms with Crippen molar-refractivity contribution in [1.29, 1.82) is 0 Å². The predicted octanol–water partition coefficient (Wildman–Crippen LogP) is 4.07. The number of fused-ring (bicyclic) bond motifs is 2. The molecule has 202 valence electrons. The highest BCUT2D eigenvalue weighted by atomic mass is 32.2. The van der Waals surface area contributed by atoms with Crippen molar-refractivity contribution in [3.63, 3.8) is 0 Å². The number of rotatable bonds is 12. The van der Waals surface area contributed by atoms with Crippen molar-refractivity contribution in [2.24, 2.45) is 0 Å². The minimum absolute atomic E-state index is 0.153. The summed E-state index contributed by atoms with van der Waals surface area (Å²) in [6, 6.07) is 22.0. The fourth-order valence-corrected chi connectivity index (χ4v) is 4.90. The SMILES string of the molecule is CS(=O)(=O)CCNCCCCOc1ccc2nc(-c3ccc4c(cnn4Cc4ccccc4)c3)nc(N)c2c1. The van der Waals surface area contributed by atoms with Crippen molar-refractivity contribution in [1.82, 2.24) is 25.1 Å². The summed E-state index contributed by atoms with van der Waals surface area (Å²) >= 11 is 0. The van der Waals surface area contributed by atoms with E-state index in [1.165, 1.54) is 11.8 Å². The molecule has 0 atom stereocenters. The molecule has 5 rings (SSSR count). The monoisotopic (exact) mass is 544 g/mol. The van der Waals surface area contributed by atoms with Crippen LogP contribution in [0.2, 0.25) is 0 Å². The third kappa shape index (κ3) is 6.90. The Bertz CT molecular complexity index is 1690. The Hall–Kier alpha value is -4.02. The van der Waals surface area contributed by atoms with E-state index in [2.05, 4.69) is 27.5 Å². The van der Waals surface area contributed by atoms with Gasteiger partial charge in [-0.1, -0.05) is 30.3 Å². The van der Waals surface area contributed by atoms with Gasteiger partial charge in [-0.25, -0.2) is 18.4 Å². The van der Waals surface area contributed by atoms with Gasteiger partial charge in [0.15, 0.2) is 5.82 Å². The molecular formula is C29H32N6O3S. The van der Waals surface area contributed by atoms with Gasteiger partial charge in [0.25, 0.3) is 0 Å². The summed E-state index contributed by atoms with van der Waals surface area (Å²) in [7, 11) is -2.93. The number of anilines is 1. The van der Waals surface area contributed by atoms with Gasteiger partial charge < -0.3 is 15.8 Å². The number of unbranched alkanes of at least 4 members (excludes halogenated alkanes) is 1. The number of nitrogens with zero attached hydrogens (tertiary/aromatic N) is 4. The summed E-state index contributed by atoms with van der Waals surface area (Å²) in [6.07, 6.45) is 4.84. The highest BCUT2D eigenvalue weighted by Crippen LogP contribution is 2.28. The molecule has 10 heteroatoms. The van der Waals surface area contributed by atoms with Crippen LogP contribution in [-0.2, 0) is 16.4 Å². The number of hydrogen-bond acceptors (Lipinski definition) is 8. The van der Waals surface area contributed by atoms with Gasteiger partial charge in [0, 0.05) is 29.1 Å². The third-order valence-electron chi connectivity index (χ3n) is 6.44. The van der Waals surface area contributed by atoms with Crippen LogP contribution in [-0.4, -0.2) is 59.9 Å². The summed E-state index contributed by atoms with van der Waals surface area (Å²) in [6.45, 7) is 2.48. The zero-order chi connectivity index (χ0) is 27.2. The normalized spacial score (nSPS) is 11.8. The first-order valence-electron chi connectivity index (χ1n) is 12.9. The summed E-state index contributed by atoms with van der Waals surface area (Å²) < 4.78 is 30.2. The van der Waals surface area contributed by atoms with Crippen LogP contribution in [0, 0.1) is 0 Å². The minimum atomic E-state index is -2.93. The van der Waals surface area contributed by atoms with Crippen molar-refractivity contribution in [3.05, 3.63) is 78.5 Å². The lowest BCUT2D eigenvalue weighted by molar-refractivity contribution is 0.306. The fraction of sp³-hybridized carbons (Fsp3) is 0.276. The van der Waals surface area contributed by atoms with E-state index in [-0.39, 0.29) is 5.75 Å². The second-order valence-corrected chi connectivity index (χ2v) is 11.9. The van der Waals surface area contributed by atoms with Gasteiger partial charge in [0.1, 0.15) is 21.4 Å². The molecule has 0 spiro atoms. The van der Waals surface area contributed by atoms with Crippen LogP contribution in [0.25, 0.3) is 33.2 Å². The highest BCUT2D eigenvalue weighted by Gasteiger charge is 2.11. The second-order valence-electron chi connectivity index (χ2n) is 9.61. The number of hydrogen-bond donors (Lipinski definition) is 2. The minimum Gasteiger partial charge on any atom is -0.494 e. The molecule has 0 fully saturated rings. The van der Waals surface area contributed by atoms with Crippen LogP contribution in [0.5, 0.6) is 5.75 Å². The lowest BCUT2D eigenvalue weighted by atomic mass is 10.1. The second kappa shape index (κ2) is 11.8. The molecule has 0 bridgehead atoms. The predicted molar refractivity (Wildman–Crippen MR) is 156 cm³/mol. The summed E-state index contributed by atoms with van der Waals surface area (Å²) in [5, 5.41) is 9.47. The maximum absolute atomic E-state index is 11.2. The van der Waals surface area contributed by atoms with Crippen molar-refractivity contribution < 1.29 is 13.2 Å². The van der Waals surface area contributed by atoms with Crippen molar-refractivity contribution in [2.75, 3.05) is 37.4 Å². The molecule has 0 saturated carbocycles. The quantitative estimate of drug-likeness (QED) is 0.225. The molecule has 2 heterocycles. The third-order valence-corrected chi connectivity index (χ3v) is 7.38. The molecule has 0 aliphatic carbocycles. The van der Waals surface area contributed by atoms with Gasteiger partial charge in [-0.3, -0.25) is 4.68 Å². The molecule has 3 N–H and O–H groups in total. The number of nitrogens with one attached hydrogen (secondary N) is 1. The first-order valence-corrected chi connectivity index (χ1v) is 15.0. The van der Waals surface area contributed by atoms with Crippen molar-refractivity contribution in [3.8, 4) is 17.1 Å². The molecule has 0 aliphatic heterocycles. The van der Waals surface area contributed by atoms with Gasteiger partial charge in [0.05, 0.1) is 36.1 Å². The zero-order valence-corrected chi connectivity index (χ0v) is 22.7. The molecule has 0 radical (unpaired) electrons. The van der Waals surface area contributed by atoms with Gasteiger partial charge >= 0.3 is 0 Å². The van der Waals surface area contributed by atoms with Crippen LogP contribution in [0.4, 0.5) is 5.82 Å². The van der Waals surface area contributed by atoms with Crippen LogP contribution < -0.4 is 15.8 Å². The summed E-state index contributed by atoms with van der Waals surface area (Å²) in [5.74, 6) is 1.83. The lowest BCUT2D eigenvalue weighted by Gasteiger charge is -2.10. The lowest BCUT2D eigenvalue weighted by Crippen LogP contribution is -2.23. The first-order chi connectivity index (χ1) is 18.9. The van der Waals surface area contributed by atoms with E-state index in [0.29, 0.717) is 37.1 Å². The van der Waals surface area contributed by atoms with Crippen LogP contribution >= 0.6 is 0 Å². The Kier molecular flexibility index (Phi) is 8.04. The van der Waals surface area contributed by atoms with Crippen molar-refractivity contribution >= 4 is 37.5 Å². The van der Waals surface area contributed by atoms with E-state index in [9.17, 15) is 8.42 Å². The Labute approximate surface area is 228 Å². The number of sulfone groups is 1. The standard InChI is InChI=1S/C29H32N6O3S/c1-39(36,37)16-14-31-13-5-6-15-38-24-10-11-26-25(18-24)28(30)34-29(33-26)22-9-12-27-23(17-22)19-32-35(27)20-21-7-3-2-4-8-21/h2-4,7-12,17-19,31H,5-6,13-16,20H2,1H3,(H2,30,33,34). The summed E-state index contributed by atoms with van der Waals surface area (Å²) in [4.78, 5) is 9.34. The van der Waals surface area contributed by atoms with Gasteiger partial charge in [0.2, 0.25) is 0 Å². The number of aromatic nitrogens is 4. The number of nitrogens with two attached hydrogens (primary N) is 1. The molecule has 9 nitrogen and oxygen atoms in total. The molecule has 5 aromatic rings. The van der Waals surface area contributed by atoms with E-state index in [4.69, 9.17) is 15.5 Å². The molecule has 3 aromatic carbocycles. The fourth-order valence-electron chi connectivity index (χ4n) is 4.38. The first kappa shape index (κ1) is 26.6. The van der Waals surface area contributed by atoms with E-state index >= 15 is 0 Å². The molecular weight excluding hydrogens is 512 g/mol. The highest BCUT2D eigenvalue weighted by molar-refractivity contribution is 7.90. The van der Waals surface area contributed by atoms with Gasteiger partial charge in [-0.2, -0.15) is 5.10 Å². The maximum Gasteiger partial charge on any atom is 0.162 e. The maximum atomic E-state index is 11.2. The largest absolute Gasteiger partial charge is 0.494 e. The number of nitrogen functional groups attached to an aromatic ring is 1. The Morgan fingerprint density at radius 2 is 1.82 bits per heavy atom. The summed E-state index contributed by atoms with van der Waals surface area (Å²) in [5.41, 5.74) is 10.2. The van der Waals surface area contributed by atoms with E-state index in [1.54, 1.807) is 0 Å². The van der Waals surface area contributed by atoms with Crippen LogP contribution in [0.1, 0.15) is 18.4 Å². The Morgan fingerprint density at radius 1 is 0.974 bits per heavy atom. The number of benzene rings is 3. The smallest absolute Gasteiger partial charge is 0.162 e. The van der Waals surface area contributed by atoms with E-state index in [0.717, 1.165) is 46.8 Å². The zero-order valence-electron chi connectivity index (χ0n) is 21.9. The number of ether oxygens (including phenoxy) is 1. The van der Waals surface area contributed by atoms with Gasteiger partial charge in [-0.15, -0.1) is 0 Å². The molecule has 2 aromatic heterocycles. The molecule has 0 unspecified atom stereocenters. The average molecular weight is 545 g/mol. The topological polar surface area (TPSA) is 125 Å². The molecule has 39 heavy (non-hydrogen) atoms. The Morgan fingerprint density at radius 3 is 2.64 bits per heavy atom. The van der Waals surface area contributed by atoms with Crippen molar-refractivity contribution in [2.45, 2.75) is 19.4 Å². The van der Waals surface area contributed by atoms with Crippen LogP contribution in [0.15, 0.2) is 72.9 Å². The van der Waals surface area contributed by atoms with Gasteiger partial charge in [-0.05, 0) is 61.3 Å². The van der Waals surface area contributed by atoms with E-state index < -0.39 is 9.84 Å². The van der Waals surface area contributed by atoms with E-state index in [1.807, 2.05) is 65.5 Å².